The topological polar surface area (TPSA) is 9.23 Å². The fourth-order valence-electron chi connectivity index (χ4n) is 1.87. The molecule has 0 spiro atoms. The summed E-state index contributed by atoms with van der Waals surface area (Å²) in [5, 5.41) is -0.296. The molecule has 0 saturated heterocycles. The van der Waals surface area contributed by atoms with Crippen LogP contribution in [0.25, 0.3) is 0 Å². The molecule has 4 heteroatoms. The Bertz CT molecular complexity index is 584. The van der Waals surface area contributed by atoms with Gasteiger partial charge < -0.3 is 4.74 Å². The van der Waals surface area contributed by atoms with E-state index >= 15 is 0 Å². The highest BCUT2D eigenvalue weighted by molar-refractivity contribution is 14.1. The number of hydrogen-bond donors (Lipinski definition) is 0. The monoisotopic (exact) mass is 404 g/mol. The van der Waals surface area contributed by atoms with Gasteiger partial charge in [-0.3, -0.25) is 0 Å². The number of hydrogen-bond acceptors (Lipinski definition) is 1. The van der Waals surface area contributed by atoms with Gasteiger partial charge in [-0.1, -0.05) is 18.2 Å². The van der Waals surface area contributed by atoms with Crippen LogP contribution >= 0.6 is 34.2 Å². The third-order valence-electron chi connectivity index (χ3n) is 2.78. The van der Waals surface area contributed by atoms with Crippen LogP contribution in [0, 0.1) is 9.39 Å². The first kappa shape index (κ1) is 15.6. The molecule has 0 aliphatic carbocycles. The first-order chi connectivity index (χ1) is 9.47. The van der Waals surface area contributed by atoms with Gasteiger partial charge in [-0.05, 0) is 71.8 Å². The highest BCUT2D eigenvalue weighted by Gasteiger charge is 2.14. The van der Waals surface area contributed by atoms with Crippen molar-refractivity contribution in [3.8, 4) is 5.75 Å². The maximum absolute atomic E-state index is 13.1. The Balaban J connectivity index is 2.22. The first-order valence-electron chi connectivity index (χ1n) is 6.33. The molecular weight excluding hydrogens is 390 g/mol. The summed E-state index contributed by atoms with van der Waals surface area (Å²) in [7, 11) is 0. The van der Waals surface area contributed by atoms with Gasteiger partial charge in [0, 0.05) is 3.57 Å². The Morgan fingerprint density at radius 3 is 2.30 bits per heavy atom. The van der Waals surface area contributed by atoms with Gasteiger partial charge in [0.25, 0.3) is 0 Å². The van der Waals surface area contributed by atoms with Gasteiger partial charge in [0.05, 0.1) is 11.5 Å². The highest BCUT2D eigenvalue weighted by Crippen LogP contribution is 2.33. The molecule has 0 fully saturated rings. The molecule has 2 aromatic carbocycles. The molecule has 20 heavy (non-hydrogen) atoms. The van der Waals surface area contributed by atoms with Crippen LogP contribution in [0.1, 0.15) is 30.4 Å². The molecule has 0 aliphatic heterocycles. The predicted octanol–water partition coefficient (Wildman–Crippen LogP) is 5.55. The minimum atomic E-state index is -0.296. The molecule has 0 aromatic heterocycles. The minimum Gasteiger partial charge on any atom is -0.491 e. The van der Waals surface area contributed by atoms with Gasteiger partial charge in [-0.15, -0.1) is 11.6 Å². The molecule has 106 valence electrons. The standard InChI is InChI=1S/C16H15ClFIO/c1-10(2)20-13-6-3-11(4-7-13)16(17)14-8-5-12(18)9-15(14)19/h3-10,16H,1-2H3. The third-order valence-corrected chi connectivity index (χ3v) is 4.20. The van der Waals surface area contributed by atoms with E-state index in [1.54, 1.807) is 6.07 Å². The third kappa shape index (κ3) is 3.85. The molecule has 0 N–H and O–H groups in total. The fourth-order valence-corrected chi connectivity index (χ4v) is 3.18. The van der Waals surface area contributed by atoms with E-state index in [-0.39, 0.29) is 17.3 Å². The van der Waals surface area contributed by atoms with Crippen molar-refractivity contribution >= 4 is 34.2 Å². The van der Waals surface area contributed by atoms with E-state index in [1.807, 2.05) is 38.1 Å². The van der Waals surface area contributed by atoms with Crippen molar-refractivity contribution in [3.63, 3.8) is 0 Å². The van der Waals surface area contributed by atoms with E-state index in [0.717, 1.165) is 20.4 Å². The van der Waals surface area contributed by atoms with Crippen molar-refractivity contribution in [2.24, 2.45) is 0 Å². The van der Waals surface area contributed by atoms with Crippen LogP contribution in [0.5, 0.6) is 5.75 Å². The van der Waals surface area contributed by atoms with Crippen LogP contribution in [-0.4, -0.2) is 6.10 Å². The molecule has 2 rings (SSSR count). The molecule has 0 heterocycles. The van der Waals surface area contributed by atoms with Crippen molar-refractivity contribution < 1.29 is 9.13 Å². The van der Waals surface area contributed by atoms with E-state index < -0.39 is 0 Å². The minimum absolute atomic E-state index is 0.144. The van der Waals surface area contributed by atoms with Gasteiger partial charge in [-0.2, -0.15) is 0 Å². The molecule has 2 aromatic rings. The van der Waals surface area contributed by atoms with Crippen LogP contribution in [0.3, 0.4) is 0 Å². The summed E-state index contributed by atoms with van der Waals surface area (Å²) in [4.78, 5) is 0. The molecule has 0 saturated carbocycles. The van der Waals surface area contributed by atoms with Gasteiger partial charge >= 0.3 is 0 Å². The summed E-state index contributed by atoms with van der Waals surface area (Å²) in [6, 6.07) is 12.3. The molecule has 0 amide bonds. The van der Waals surface area contributed by atoms with Crippen LogP contribution in [0.15, 0.2) is 42.5 Å². The van der Waals surface area contributed by atoms with Crippen molar-refractivity contribution in [1.29, 1.82) is 0 Å². The second-order valence-corrected chi connectivity index (χ2v) is 6.36. The van der Waals surface area contributed by atoms with E-state index in [1.165, 1.54) is 12.1 Å². The summed E-state index contributed by atoms with van der Waals surface area (Å²) < 4.78 is 19.5. The molecule has 1 atom stereocenters. The smallest absolute Gasteiger partial charge is 0.124 e. The Morgan fingerprint density at radius 1 is 1.10 bits per heavy atom. The number of halogens is 3. The summed E-state index contributed by atoms with van der Waals surface area (Å²) in [5.41, 5.74) is 1.87. The Labute approximate surface area is 137 Å². The van der Waals surface area contributed by atoms with E-state index in [2.05, 4.69) is 22.6 Å². The zero-order chi connectivity index (χ0) is 14.7. The maximum Gasteiger partial charge on any atom is 0.124 e. The Morgan fingerprint density at radius 2 is 1.75 bits per heavy atom. The van der Waals surface area contributed by atoms with E-state index in [9.17, 15) is 4.39 Å². The summed E-state index contributed by atoms with van der Waals surface area (Å²) >= 11 is 8.58. The molecule has 1 nitrogen and oxygen atoms in total. The average Bonchev–Trinajstić information content (AvgIpc) is 2.38. The average molecular weight is 405 g/mol. The number of rotatable bonds is 4. The van der Waals surface area contributed by atoms with Gasteiger partial charge in [0.15, 0.2) is 0 Å². The SMILES string of the molecule is CC(C)Oc1ccc(C(Cl)c2ccc(F)cc2I)cc1. The van der Waals surface area contributed by atoms with Crippen LogP contribution < -0.4 is 4.74 Å². The molecular formula is C16H15ClFIO. The number of ether oxygens (including phenoxy) is 1. The Kier molecular flexibility index (Phi) is 5.27. The number of benzene rings is 2. The first-order valence-corrected chi connectivity index (χ1v) is 7.84. The van der Waals surface area contributed by atoms with E-state index in [0.29, 0.717) is 0 Å². The number of alkyl halides is 1. The lowest BCUT2D eigenvalue weighted by Gasteiger charge is -2.14. The summed E-state index contributed by atoms with van der Waals surface area (Å²) in [6.45, 7) is 3.97. The zero-order valence-electron chi connectivity index (χ0n) is 11.2. The lowest BCUT2D eigenvalue weighted by Crippen LogP contribution is -2.05. The van der Waals surface area contributed by atoms with Crippen LogP contribution in [-0.2, 0) is 0 Å². The van der Waals surface area contributed by atoms with Crippen molar-refractivity contribution in [3.05, 3.63) is 63.0 Å². The van der Waals surface area contributed by atoms with Crippen molar-refractivity contribution in [2.75, 3.05) is 0 Å². The second-order valence-electron chi connectivity index (χ2n) is 4.76. The van der Waals surface area contributed by atoms with Crippen molar-refractivity contribution in [1.82, 2.24) is 0 Å². The normalized spacial score (nSPS) is 12.5. The summed E-state index contributed by atoms with van der Waals surface area (Å²) in [5.74, 6) is 0.573. The van der Waals surface area contributed by atoms with Gasteiger partial charge in [-0.25, -0.2) is 4.39 Å². The van der Waals surface area contributed by atoms with Crippen molar-refractivity contribution in [2.45, 2.75) is 25.3 Å². The Hall–Kier alpha value is -0.810. The molecule has 0 radical (unpaired) electrons. The van der Waals surface area contributed by atoms with Crippen LogP contribution in [0.4, 0.5) is 4.39 Å². The lowest BCUT2D eigenvalue weighted by molar-refractivity contribution is 0.242. The fraction of sp³-hybridized carbons (Fsp3) is 0.250. The second kappa shape index (κ2) is 6.76. The summed E-state index contributed by atoms with van der Waals surface area (Å²) in [6.07, 6.45) is 0.144. The molecule has 1 unspecified atom stereocenters. The van der Waals surface area contributed by atoms with Gasteiger partial charge in [0.1, 0.15) is 11.6 Å². The van der Waals surface area contributed by atoms with Gasteiger partial charge in [0.2, 0.25) is 0 Å². The highest BCUT2D eigenvalue weighted by atomic mass is 127. The van der Waals surface area contributed by atoms with E-state index in [4.69, 9.17) is 16.3 Å². The predicted molar refractivity (Wildman–Crippen MR) is 89.0 cm³/mol. The quantitative estimate of drug-likeness (QED) is 0.480. The molecule has 0 bridgehead atoms. The largest absolute Gasteiger partial charge is 0.491 e. The van der Waals surface area contributed by atoms with Crippen LogP contribution in [0.2, 0.25) is 0 Å². The zero-order valence-corrected chi connectivity index (χ0v) is 14.2. The lowest BCUT2D eigenvalue weighted by atomic mass is 10.0. The molecule has 0 aliphatic rings. The maximum atomic E-state index is 13.1.